The van der Waals surface area contributed by atoms with E-state index in [1.807, 2.05) is 25.6 Å². The molecule has 0 saturated heterocycles. The van der Waals surface area contributed by atoms with E-state index in [1.54, 1.807) is 0 Å². The van der Waals surface area contributed by atoms with Gasteiger partial charge in [-0.15, -0.1) is 11.8 Å². The number of hydrogen-bond acceptors (Lipinski definition) is 2. The van der Waals surface area contributed by atoms with Crippen molar-refractivity contribution in [1.82, 2.24) is 4.90 Å². The molecule has 0 aromatic heterocycles. The van der Waals surface area contributed by atoms with Gasteiger partial charge in [-0.25, -0.2) is 0 Å². The molecule has 0 N–H and O–H groups in total. The molecule has 0 bridgehead atoms. The summed E-state index contributed by atoms with van der Waals surface area (Å²) in [5.74, 6) is 1.17. The van der Waals surface area contributed by atoms with Crippen molar-refractivity contribution in [3.05, 3.63) is 30.3 Å². The second-order valence-electron chi connectivity index (χ2n) is 3.74. The highest BCUT2D eigenvalue weighted by molar-refractivity contribution is 7.99. The average Bonchev–Trinajstić information content (AvgIpc) is 2.33. The Morgan fingerprint density at radius 1 is 1.12 bits per heavy atom. The summed E-state index contributed by atoms with van der Waals surface area (Å²) in [4.78, 5) is 3.74. The van der Waals surface area contributed by atoms with Gasteiger partial charge < -0.3 is 4.90 Å². The van der Waals surface area contributed by atoms with Crippen molar-refractivity contribution in [3.8, 4) is 0 Å². The van der Waals surface area contributed by atoms with Gasteiger partial charge >= 0.3 is 0 Å². The molecule has 2 heteroatoms. The molecule has 0 aliphatic heterocycles. The Balaban J connectivity index is 0.00000106. The van der Waals surface area contributed by atoms with Gasteiger partial charge in [-0.1, -0.05) is 32.0 Å². The molecule has 0 radical (unpaired) electrons. The van der Waals surface area contributed by atoms with Crippen LogP contribution in [0.2, 0.25) is 0 Å². The minimum Gasteiger partial charge on any atom is -0.303 e. The normalized spacial score (nSPS) is 10.2. The summed E-state index contributed by atoms with van der Waals surface area (Å²) in [7, 11) is 2.18. The zero-order chi connectivity index (χ0) is 12.4. The van der Waals surface area contributed by atoms with Crippen LogP contribution >= 0.6 is 11.8 Å². The molecular formula is C14H25NS. The Morgan fingerprint density at radius 3 is 2.19 bits per heavy atom. The molecule has 0 unspecified atom stereocenters. The first-order chi connectivity index (χ1) is 7.70. The lowest BCUT2D eigenvalue weighted by atomic mass is 10.3. The lowest BCUT2D eigenvalue weighted by Gasteiger charge is -2.20. The number of benzene rings is 1. The molecule has 0 atom stereocenters. The molecule has 0 saturated carbocycles. The van der Waals surface area contributed by atoms with Gasteiger partial charge in [-0.3, -0.25) is 0 Å². The predicted octanol–water partition coefficient (Wildman–Crippen LogP) is 4.15. The van der Waals surface area contributed by atoms with Crippen molar-refractivity contribution in [2.45, 2.75) is 38.6 Å². The van der Waals surface area contributed by atoms with Crippen molar-refractivity contribution < 1.29 is 0 Å². The van der Waals surface area contributed by atoms with E-state index in [9.17, 15) is 0 Å². The van der Waals surface area contributed by atoms with Crippen LogP contribution in [-0.2, 0) is 0 Å². The van der Waals surface area contributed by atoms with Crippen LogP contribution in [0.15, 0.2) is 35.2 Å². The molecule has 16 heavy (non-hydrogen) atoms. The van der Waals surface area contributed by atoms with Gasteiger partial charge in [0.2, 0.25) is 0 Å². The molecule has 92 valence electrons. The number of rotatable bonds is 5. The van der Waals surface area contributed by atoms with E-state index in [1.165, 1.54) is 10.6 Å². The summed E-state index contributed by atoms with van der Waals surface area (Å²) in [6.07, 6.45) is 0. The van der Waals surface area contributed by atoms with Crippen LogP contribution in [0, 0.1) is 0 Å². The van der Waals surface area contributed by atoms with E-state index in [2.05, 4.69) is 56.1 Å². The van der Waals surface area contributed by atoms with Crippen molar-refractivity contribution in [1.29, 1.82) is 0 Å². The Morgan fingerprint density at radius 2 is 1.69 bits per heavy atom. The monoisotopic (exact) mass is 239 g/mol. The third-order valence-electron chi connectivity index (χ3n) is 2.34. The molecule has 0 spiro atoms. The molecule has 0 aliphatic carbocycles. The van der Waals surface area contributed by atoms with Crippen molar-refractivity contribution in [2.75, 3.05) is 19.3 Å². The molecule has 1 aromatic rings. The molecular weight excluding hydrogens is 214 g/mol. The maximum atomic E-state index is 2.37. The van der Waals surface area contributed by atoms with Crippen molar-refractivity contribution >= 4 is 11.8 Å². The van der Waals surface area contributed by atoms with Gasteiger partial charge in [0.25, 0.3) is 0 Å². The van der Waals surface area contributed by atoms with Gasteiger partial charge in [0.15, 0.2) is 0 Å². The number of nitrogens with zero attached hydrogens (tertiary/aromatic N) is 1. The summed E-state index contributed by atoms with van der Waals surface area (Å²) in [6.45, 7) is 9.61. The summed E-state index contributed by atoms with van der Waals surface area (Å²) in [5.41, 5.74) is 0. The average molecular weight is 239 g/mol. The SMILES string of the molecule is CC.CC(C)N(C)CCSc1ccccc1. The third-order valence-corrected chi connectivity index (χ3v) is 3.33. The minimum atomic E-state index is 0.645. The van der Waals surface area contributed by atoms with Crippen LogP contribution in [0.3, 0.4) is 0 Å². The van der Waals surface area contributed by atoms with Crippen LogP contribution in [0.1, 0.15) is 27.7 Å². The van der Waals surface area contributed by atoms with Crippen molar-refractivity contribution in [2.24, 2.45) is 0 Å². The van der Waals surface area contributed by atoms with Crippen LogP contribution in [0.4, 0.5) is 0 Å². The third kappa shape index (κ3) is 6.91. The van der Waals surface area contributed by atoms with Gasteiger partial charge in [-0.05, 0) is 33.0 Å². The van der Waals surface area contributed by atoms with E-state index < -0.39 is 0 Å². The fraction of sp³-hybridized carbons (Fsp3) is 0.571. The zero-order valence-corrected chi connectivity index (χ0v) is 12.1. The summed E-state index contributed by atoms with van der Waals surface area (Å²) < 4.78 is 0. The quantitative estimate of drug-likeness (QED) is 0.710. The Labute approximate surface area is 105 Å². The largest absolute Gasteiger partial charge is 0.303 e. The molecule has 0 fully saturated rings. The van der Waals surface area contributed by atoms with E-state index in [0.717, 1.165) is 6.54 Å². The van der Waals surface area contributed by atoms with Crippen LogP contribution in [-0.4, -0.2) is 30.3 Å². The lowest BCUT2D eigenvalue weighted by Crippen LogP contribution is -2.28. The minimum absolute atomic E-state index is 0.645. The first-order valence-electron chi connectivity index (χ1n) is 6.08. The Hall–Kier alpha value is -0.470. The second-order valence-corrected chi connectivity index (χ2v) is 4.90. The van der Waals surface area contributed by atoms with Crippen LogP contribution in [0.5, 0.6) is 0 Å². The molecule has 1 nitrogen and oxygen atoms in total. The molecule has 0 amide bonds. The van der Waals surface area contributed by atoms with Gasteiger partial charge in [0.05, 0.1) is 0 Å². The Bertz CT molecular complexity index is 246. The standard InChI is InChI=1S/C12H19NS.C2H6/c1-11(2)13(3)9-10-14-12-7-5-4-6-8-12;1-2/h4-8,11H,9-10H2,1-3H3;1-2H3. The van der Waals surface area contributed by atoms with Gasteiger partial charge in [-0.2, -0.15) is 0 Å². The molecule has 1 rings (SSSR count). The maximum Gasteiger partial charge on any atom is 0.0108 e. The fourth-order valence-electron chi connectivity index (χ4n) is 1.08. The van der Waals surface area contributed by atoms with Gasteiger partial charge in [0, 0.05) is 23.2 Å². The van der Waals surface area contributed by atoms with Crippen molar-refractivity contribution in [3.63, 3.8) is 0 Å². The Kier molecular flexibility index (Phi) is 9.45. The summed E-state index contributed by atoms with van der Waals surface area (Å²) >= 11 is 1.92. The molecule has 1 aromatic carbocycles. The molecule has 0 heterocycles. The fourth-order valence-corrected chi connectivity index (χ4v) is 2.05. The van der Waals surface area contributed by atoms with E-state index in [-0.39, 0.29) is 0 Å². The van der Waals surface area contributed by atoms with E-state index >= 15 is 0 Å². The topological polar surface area (TPSA) is 3.24 Å². The first kappa shape index (κ1) is 15.5. The highest BCUT2D eigenvalue weighted by Crippen LogP contribution is 2.16. The maximum absolute atomic E-state index is 2.37. The highest BCUT2D eigenvalue weighted by atomic mass is 32.2. The number of thioether (sulfide) groups is 1. The predicted molar refractivity (Wildman–Crippen MR) is 76.3 cm³/mol. The smallest absolute Gasteiger partial charge is 0.0108 e. The first-order valence-corrected chi connectivity index (χ1v) is 7.07. The number of hydrogen-bond donors (Lipinski definition) is 0. The lowest BCUT2D eigenvalue weighted by molar-refractivity contribution is 0.291. The van der Waals surface area contributed by atoms with Crippen LogP contribution < -0.4 is 0 Å². The second kappa shape index (κ2) is 9.73. The summed E-state index contributed by atoms with van der Waals surface area (Å²) in [5, 5.41) is 0. The molecule has 0 aliphatic rings. The van der Waals surface area contributed by atoms with Crippen LogP contribution in [0.25, 0.3) is 0 Å². The summed E-state index contributed by atoms with van der Waals surface area (Å²) in [6, 6.07) is 11.2. The highest BCUT2D eigenvalue weighted by Gasteiger charge is 2.02. The van der Waals surface area contributed by atoms with E-state index in [4.69, 9.17) is 0 Å². The van der Waals surface area contributed by atoms with E-state index in [0.29, 0.717) is 6.04 Å². The zero-order valence-electron chi connectivity index (χ0n) is 11.2. The van der Waals surface area contributed by atoms with Gasteiger partial charge in [0.1, 0.15) is 0 Å².